The van der Waals surface area contributed by atoms with Crippen molar-refractivity contribution in [1.82, 2.24) is 19.5 Å². The number of rotatable bonds is 5. The molecule has 0 spiro atoms. The highest BCUT2D eigenvalue weighted by Gasteiger charge is 2.40. The fourth-order valence-corrected chi connectivity index (χ4v) is 4.15. The zero-order valence-corrected chi connectivity index (χ0v) is 19.2. The second kappa shape index (κ2) is 9.04. The average Bonchev–Trinajstić information content (AvgIpc) is 3.27. The summed E-state index contributed by atoms with van der Waals surface area (Å²) in [6.45, 7) is 0. The number of halogens is 6. The van der Waals surface area contributed by atoms with E-state index in [1.807, 2.05) is 0 Å². The Morgan fingerprint density at radius 2 is 1.78 bits per heavy atom. The number of ether oxygens (including phenoxy) is 1. The minimum Gasteiger partial charge on any atom is -0.481 e. The Bertz CT molecular complexity index is 1520. The van der Waals surface area contributed by atoms with E-state index < -0.39 is 35.6 Å². The Balaban J connectivity index is 2.04. The number of imidazole rings is 1. The second-order valence-corrected chi connectivity index (χ2v) is 8.14. The van der Waals surface area contributed by atoms with E-state index in [1.165, 1.54) is 48.4 Å². The Morgan fingerprint density at radius 1 is 1.08 bits per heavy atom. The van der Waals surface area contributed by atoms with Crippen LogP contribution in [0.2, 0.25) is 0 Å². The number of benzene rings is 1. The van der Waals surface area contributed by atoms with Gasteiger partial charge in [0, 0.05) is 24.2 Å². The molecule has 0 saturated heterocycles. The molecule has 192 valence electrons. The van der Waals surface area contributed by atoms with Crippen LogP contribution >= 0.6 is 0 Å². The van der Waals surface area contributed by atoms with E-state index in [0.29, 0.717) is 6.07 Å². The van der Waals surface area contributed by atoms with Crippen LogP contribution in [0.3, 0.4) is 0 Å². The largest absolute Gasteiger partial charge is 0.481 e. The van der Waals surface area contributed by atoms with Crippen molar-refractivity contribution in [3.63, 3.8) is 0 Å². The van der Waals surface area contributed by atoms with Crippen molar-refractivity contribution in [1.29, 1.82) is 5.26 Å². The van der Waals surface area contributed by atoms with Crippen LogP contribution in [0.4, 0.5) is 26.3 Å². The normalized spacial score (nSPS) is 13.8. The quantitative estimate of drug-likeness (QED) is 0.384. The van der Waals surface area contributed by atoms with Crippen molar-refractivity contribution >= 4 is 10.9 Å². The first-order valence-electron chi connectivity index (χ1n) is 10.5. The first-order chi connectivity index (χ1) is 17.3. The lowest BCUT2D eigenvalue weighted by molar-refractivity contribution is -0.141. The number of pyridine rings is 2. The lowest BCUT2D eigenvalue weighted by atomic mass is 9.82. The van der Waals surface area contributed by atoms with Crippen molar-refractivity contribution in [2.24, 2.45) is 7.05 Å². The number of fused-ring (bicyclic) bond motifs is 1. The summed E-state index contributed by atoms with van der Waals surface area (Å²) in [4.78, 5) is 11.4. The molecule has 1 N–H and O–H groups in total. The van der Waals surface area contributed by atoms with E-state index in [4.69, 9.17) is 4.74 Å². The number of aromatic nitrogens is 4. The van der Waals surface area contributed by atoms with Crippen LogP contribution < -0.4 is 4.74 Å². The Labute approximate surface area is 205 Å². The molecule has 0 aliphatic heterocycles. The zero-order chi connectivity index (χ0) is 27.2. The highest BCUT2D eigenvalue weighted by atomic mass is 19.4. The molecule has 37 heavy (non-hydrogen) atoms. The van der Waals surface area contributed by atoms with Gasteiger partial charge in [0.1, 0.15) is 11.8 Å². The maximum atomic E-state index is 13.4. The minimum atomic E-state index is -4.81. The number of aryl methyl sites for hydroxylation is 1. The van der Waals surface area contributed by atoms with Gasteiger partial charge in [0.05, 0.1) is 42.8 Å². The molecule has 0 aliphatic carbocycles. The molecular weight excluding hydrogens is 504 g/mol. The fraction of sp³-hybridized carbons (Fsp3) is 0.250. The van der Waals surface area contributed by atoms with Gasteiger partial charge < -0.3 is 14.4 Å². The number of nitrogens with zero attached hydrogens (tertiary/aromatic N) is 5. The molecule has 7 nitrogen and oxygen atoms in total. The smallest absolute Gasteiger partial charge is 0.433 e. The van der Waals surface area contributed by atoms with Crippen LogP contribution in [0.5, 0.6) is 5.88 Å². The molecule has 3 heterocycles. The molecule has 0 radical (unpaired) electrons. The maximum absolute atomic E-state index is 13.4. The fourth-order valence-electron chi connectivity index (χ4n) is 4.15. The summed E-state index contributed by atoms with van der Waals surface area (Å²) in [5.41, 5.74) is -4.55. The topological polar surface area (TPSA) is 96.8 Å². The van der Waals surface area contributed by atoms with Gasteiger partial charge in [-0.15, -0.1) is 0 Å². The number of hydrogen-bond donors (Lipinski definition) is 1. The first kappa shape index (κ1) is 25.9. The van der Waals surface area contributed by atoms with E-state index in [9.17, 15) is 36.7 Å². The standard InChI is InChI=1S/C24H17F6N5O2/c1-35-12-32-11-20(35)23(36,14-5-6-33-19(8-14)24(28,29)30)13-3-4-18-15(7-13)17(10-31)16(9-22(25,26)27)21(34-18)37-2/h3-8,11-12,36H,9H2,1-2H3/t23-/m0/s1. The summed E-state index contributed by atoms with van der Waals surface area (Å²) in [5, 5.41) is 21.7. The van der Waals surface area contributed by atoms with Crippen LogP contribution in [-0.4, -0.2) is 37.9 Å². The van der Waals surface area contributed by atoms with E-state index in [-0.39, 0.29) is 39.2 Å². The summed E-state index contributed by atoms with van der Waals surface area (Å²) in [6, 6.07) is 7.50. The molecule has 4 aromatic rings. The molecule has 13 heteroatoms. The van der Waals surface area contributed by atoms with Crippen LogP contribution in [0.25, 0.3) is 10.9 Å². The number of aliphatic hydroxyl groups is 1. The monoisotopic (exact) mass is 521 g/mol. The maximum Gasteiger partial charge on any atom is 0.433 e. The minimum absolute atomic E-state index is 0.0376. The third kappa shape index (κ3) is 4.67. The van der Waals surface area contributed by atoms with Gasteiger partial charge in [0.25, 0.3) is 0 Å². The Morgan fingerprint density at radius 3 is 2.35 bits per heavy atom. The summed E-state index contributed by atoms with van der Waals surface area (Å²) in [5.74, 6) is -0.389. The third-order valence-corrected chi connectivity index (χ3v) is 5.80. The molecule has 0 fully saturated rings. The SMILES string of the molecule is COc1nc2ccc([C@](O)(c3ccnc(C(F)(F)F)c3)c3cncn3C)cc2c(C#N)c1CC(F)(F)F. The molecular formula is C24H17F6N5O2. The summed E-state index contributed by atoms with van der Waals surface area (Å²) in [6.07, 6.45) is -7.56. The van der Waals surface area contributed by atoms with Crippen molar-refractivity contribution in [2.45, 2.75) is 24.4 Å². The number of nitriles is 1. The Hall–Kier alpha value is -4.18. The van der Waals surface area contributed by atoms with Gasteiger partial charge in [-0.2, -0.15) is 31.6 Å². The van der Waals surface area contributed by atoms with Gasteiger partial charge in [-0.05, 0) is 35.4 Å². The van der Waals surface area contributed by atoms with Crippen LogP contribution in [0.15, 0.2) is 49.1 Å². The second-order valence-electron chi connectivity index (χ2n) is 8.14. The van der Waals surface area contributed by atoms with Gasteiger partial charge in [0.15, 0.2) is 5.60 Å². The van der Waals surface area contributed by atoms with E-state index in [0.717, 1.165) is 13.3 Å². The summed E-state index contributed by atoms with van der Waals surface area (Å²) in [7, 11) is 2.63. The molecule has 1 aromatic carbocycles. The van der Waals surface area contributed by atoms with E-state index in [2.05, 4.69) is 15.0 Å². The molecule has 0 aliphatic rings. The summed E-state index contributed by atoms with van der Waals surface area (Å²) < 4.78 is 86.5. The third-order valence-electron chi connectivity index (χ3n) is 5.80. The lowest BCUT2D eigenvalue weighted by Crippen LogP contribution is -2.32. The van der Waals surface area contributed by atoms with Gasteiger partial charge in [-0.1, -0.05) is 6.07 Å². The zero-order valence-electron chi connectivity index (χ0n) is 19.2. The number of alkyl halides is 6. The van der Waals surface area contributed by atoms with Crippen molar-refractivity contribution in [3.8, 4) is 11.9 Å². The van der Waals surface area contributed by atoms with Gasteiger partial charge in [0.2, 0.25) is 5.88 Å². The average molecular weight is 521 g/mol. The van der Waals surface area contributed by atoms with Gasteiger partial charge in [-0.25, -0.2) is 9.97 Å². The van der Waals surface area contributed by atoms with E-state index >= 15 is 0 Å². The van der Waals surface area contributed by atoms with E-state index in [1.54, 1.807) is 6.07 Å². The first-order valence-corrected chi connectivity index (χ1v) is 10.5. The van der Waals surface area contributed by atoms with Gasteiger partial charge >= 0.3 is 12.4 Å². The lowest BCUT2D eigenvalue weighted by Gasteiger charge is -2.30. The summed E-state index contributed by atoms with van der Waals surface area (Å²) >= 11 is 0. The predicted molar refractivity (Wildman–Crippen MR) is 117 cm³/mol. The number of hydrogen-bond acceptors (Lipinski definition) is 6. The van der Waals surface area contributed by atoms with Crippen LogP contribution in [0.1, 0.15) is 33.6 Å². The van der Waals surface area contributed by atoms with Crippen molar-refractivity contribution in [3.05, 3.63) is 82.7 Å². The van der Waals surface area contributed by atoms with Gasteiger partial charge in [-0.3, -0.25) is 4.98 Å². The molecule has 0 unspecified atom stereocenters. The molecule has 4 rings (SSSR count). The predicted octanol–water partition coefficient (Wildman–Crippen LogP) is 4.65. The van der Waals surface area contributed by atoms with Crippen molar-refractivity contribution < 1.29 is 36.2 Å². The highest BCUT2D eigenvalue weighted by Crippen LogP contribution is 2.41. The van der Waals surface area contributed by atoms with Crippen LogP contribution in [-0.2, 0) is 25.2 Å². The molecule has 0 bridgehead atoms. The molecule has 0 amide bonds. The van der Waals surface area contributed by atoms with Crippen LogP contribution in [0, 0.1) is 11.3 Å². The molecule has 0 saturated carbocycles. The molecule has 3 aromatic heterocycles. The van der Waals surface area contributed by atoms with Crippen molar-refractivity contribution in [2.75, 3.05) is 7.11 Å². The highest BCUT2D eigenvalue weighted by molar-refractivity contribution is 5.88. The number of methoxy groups -OCH3 is 1. The molecule has 1 atom stereocenters. The Kier molecular flexibility index (Phi) is 6.33.